The monoisotopic (exact) mass is 472 g/mol. The largest absolute Gasteiger partial charge is 0.624 e. The van der Waals surface area contributed by atoms with Crippen molar-refractivity contribution in [2.24, 2.45) is 0 Å². The highest BCUT2D eigenvalue weighted by molar-refractivity contribution is 6.02. The molecule has 1 fully saturated rings. The third-order valence-electron chi connectivity index (χ3n) is 6.44. The summed E-state index contributed by atoms with van der Waals surface area (Å²) in [5.74, 6) is -1.51. The zero-order valence-corrected chi connectivity index (χ0v) is 19.6. The SMILES string of the molecule is CNCCc1ccc(CNc2cccc3c2C[N+]([O-])(C2CCC(=O)N(C)C2=O)C3=O)cc1.Cl. The zero-order chi connectivity index (χ0) is 22.9. The quantitative estimate of drug-likeness (QED) is 0.365. The second kappa shape index (κ2) is 10.0. The third kappa shape index (κ3) is 4.65. The highest BCUT2D eigenvalue weighted by Gasteiger charge is 2.51. The number of fused-ring (bicyclic) bond motifs is 1. The van der Waals surface area contributed by atoms with E-state index in [-0.39, 0.29) is 37.7 Å². The minimum Gasteiger partial charge on any atom is -0.624 e. The van der Waals surface area contributed by atoms with Gasteiger partial charge in [-0.15, -0.1) is 12.4 Å². The first-order valence-corrected chi connectivity index (χ1v) is 10.9. The summed E-state index contributed by atoms with van der Waals surface area (Å²) in [4.78, 5) is 38.5. The Morgan fingerprint density at radius 2 is 1.79 bits per heavy atom. The van der Waals surface area contributed by atoms with Crippen LogP contribution in [0.3, 0.4) is 0 Å². The maximum Gasteiger partial charge on any atom is 0.347 e. The summed E-state index contributed by atoms with van der Waals surface area (Å²) >= 11 is 0. The van der Waals surface area contributed by atoms with Crippen LogP contribution in [0.1, 0.15) is 39.9 Å². The molecule has 2 unspecified atom stereocenters. The van der Waals surface area contributed by atoms with E-state index in [1.165, 1.54) is 12.6 Å². The van der Waals surface area contributed by atoms with Crippen molar-refractivity contribution in [3.63, 3.8) is 0 Å². The van der Waals surface area contributed by atoms with Crippen molar-refractivity contribution < 1.29 is 19.0 Å². The molecule has 4 rings (SSSR count). The van der Waals surface area contributed by atoms with E-state index in [1.807, 2.05) is 13.1 Å². The second-order valence-corrected chi connectivity index (χ2v) is 8.46. The smallest absolute Gasteiger partial charge is 0.347 e. The Balaban J connectivity index is 0.00000306. The Morgan fingerprint density at radius 3 is 2.48 bits per heavy atom. The van der Waals surface area contributed by atoms with Crippen LogP contribution in [-0.2, 0) is 29.1 Å². The van der Waals surface area contributed by atoms with E-state index < -0.39 is 22.5 Å². The highest BCUT2D eigenvalue weighted by atomic mass is 35.5. The van der Waals surface area contributed by atoms with Crippen LogP contribution in [0.4, 0.5) is 5.69 Å². The van der Waals surface area contributed by atoms with Crippen molar-refractivity contribution in [3.8, 4) is 0 Å². The van der Waals surface area contributed by atoms with Crippen molar-refractivity contribution in [1.82, 2.24) is 10.2 Å². The van der Waals surface area contributed by atoms with Crippen molar-refractivity contribution in [2.45, 2.75) is 38.4 Å². The second-order valence-electron chi connectivity index (χ2n) is 8.46. The number of benzene rings is 2. The molecule has 2 aromatic rings. The molecule has 176 valence electrons. The molecule has 2 atom stereocenters. The summed E-state index contributed by atoms with van der Waals surface area (Å²) in [5, 5.41) is 20.1. The Kier molecular flexibility index (Phi) is 7.54. The molecule has 1 saturated heterocycles. The number of hydrogen-bond donors (Lipinski definition) is 2. The van der Waals surface area contributed by atoms with Crippen molar-refractivity contribution in [1.29, 1.82) is 0 Å². The summed E-state index contributed by atoms with van der Waals surface area (Å²) in [7, 11) is 3.30. The average Bonchev–Trinajstić information content (AvgIpc) is 3.06. The Hall–Kier alpha value is -2.78. The molecule has 0 radical (unpaired) electrons. The number of halogens is 1. The van der Waals surface area contributed by atoms with Gasteiger partial charge in [0, 0.05) is 37.7 Å². The molecule has 0 spiro atoms. The third-order valence-corrected chi connectivity index (χ3v) is 6.44. The molecule has 33 heavy (non-hydrogen) atoms. The van der Waals surface area contributed by atoms with Gasteiger partial charge in [-0.25, -0.2) is 4.79 Å². The lowest BCUT2D eigenvalue weighted by Gasteiger charge is -2.44. The number of carbonyl (C=O) groups is 3. The Morgan fingerprint density at radius 1 is 1.09 bits per heavy atom. The maximum atomic E-state index is 13.7. The molecule has 0 bridgehead atoms. The number of nitrogens with one attached hydrogen (secondary N) is 2. The summed E-state index contributed by atoms with van der Waals surface area (Å²) in [6.45, 7) is 1.36. The number of piperidine rings is 1. The lowest BCUT2D eigenvalue weighted by Crippen LogP contribution is -2.60. The molecule has 3 amide bonds. The van der Waals surface area contributed by atoms with Gasteiger partial charge < -0.3 is 15.8 Å². The highest BCUT2D eigenvalue weighted by Crippen LogP contribution is 2.38. The van der Waals surface area contributed by atoms with Crippen LogP contribution in [0, 0.1) is 5.21 Å². The number of quaternary nitrogens is 1. The minimum absolute atomic E-state index is 0. The lowest BCUT2D eigenvalue weighted by molar-refractivity contribution is -0.825. The summed E-state index contributed by atoms with van der Waals surface area (Å²) in [5.41, 5.74) is 4.04. The Labute approximate surface area is 199 Å². The normalized spacial score (nSPS) is 22.2. The van der Waals surface area contributed by atoms with Crippen LogP contribution >= 0.6 is 12.4 Å². The predicted octanol–water partition coefficient (Wildman–Crippen LogP) is 2.60. The number of hydroxylamine groups is 3. The molecule has 8 nitrogen and oxygen atoms in total. The number of hydrogen-bond acceptors (Lipinski definition) is 6. The van der Waals surface area contributed by atoms with Crippen molar-refractivity contribution >= 4 is 35.8 Å². The molecule has 2 aromatic carbocycles. The van der Waals surface area contributed by atoms with Crippen LogP contribution < -0.4 is 10.6 Å². The molecule has 0 aromatic heterocycles. The number of amides is 3. The van der Waals surface area contributed by atoms with Gasteiger partial charge in [-0.05, 0) is 43.3 Å². The molecule has 2 aliphatic rings. The molecule has 9 heteroatoms. The van der Waals surface area contributed by atoms with Crippen LogP contribution in [0.15, 0.2) is 42.5 Å². The number of imide groups is 1. The molecular weight excluding hydrogens is 444 g/mol. The van der Waals surface area contributed by atoms with Gasteiger partial charge >= 0.3 is 5.91 Å². The number of likely N-dealkylation sites (tertiary alicyclic amines) is 1. The van der Waals surface area contributed by atoms with Crippen LogP contribution in [-0.4, -0.2) is 53.9 Å². The maximum absolute atomic E-state index is 13.7. The van der Waals surface area contributed by atoms with Gasteiger partial charge in [0.25, 0.3) is 5.91 Å². The molecule has 0 saturated carbocycles. The first-order valence-electron chi connectivity index (χ1n) is 10.9. The van der Waals surface area contributed by atoms with E-state index in [0.717, 1.165) is 29.1 Å². The van der Waals surface area contributed by atoms with Gasteiger partial charge in [0.1, 0.15) is 6.54 Å². The first-order chi connectivity index (χ1) is 15.3. The fourth-order valence-electron chi connectivity index (χ4n) is 4.46. The summed E-state index contributed by atoms with van der Waals surface area (Å²) in [6, 6.07) is 12.5. The van der Waals surface area contributed by atoms with Gasteiger partial charge in [0.2, 0.25) is 5.91 Å². The molecule has 2 heterocycles. The fourth-order valence-corrected chi connectivity index (χ4v) is 4.46. The van der Waals surface area contributed by atoms with E-state index in [4.69, 9.17) is 0 Å². The number of carbonyl (C=O) groups excluding carboxylic acids is 3. The topological polar surface area (TPSA) is 102 Å². The van der Waals surface area contributed by atoms with Crippen molar-refractivity contribution in [2.75, 3.05) is 26.0 Å². The summed E-state index contributed by atoms with van der Waals surface area (Å²) < 4.78 is -1.26. The fraction of sp³-hybridized carbons (Fsp3) is 0.375. The van der Waals surface area contributed by atoms with Gasteiger partial charge in [-0.3, -0.25) is 19.1 Å². The van der Waals surface area contributed by atoms with Gasteiger partial charge in [0.15, 0.2) is 6.04 Å². The molecule has 0 aliphatic carbocycles. The van der Waals surface area contributed by atoms with E-state index in [9.17, 15) is 19.6 Å². The Bertz CT molecular complexity index is 1060. The number of likely N-dealkylation sites (N-methyl/N-ethyl adjacent to an activating group) is 2. The number of nitrogens with zero attached hydrogens (tertiary/aromatic N) is 2. The lowest BCUT2D eigenvalue weighted by atomic mass is 10.0. The van der Waals surface area contributed by atoms with E-state index in [0.29, 0.717) is 17.7 Å². The summed E-state index contributed by atoms with van der Waals surface area (Å²) in [6.07, 6.45) is 1.14. The van der Waals surface area contributed by atoms with E-state index in [1.54, 1.807) is 12.1 Å². The predicted molar refractivity (Wildman–Crippen MR) is 128 cm³/mol. The number of rotatable bonds is 7. The van der Waals surface area contributed by atoms with Gasteiger partial charge in [-0.1, -0.05) is 30.3 Å². The number of anilines is 1. The first kappa shape index (κ1) is 24.9. The van der Waals surface area contributed by atoms with Gasteiger partial charge in [-0.2, -0.15) is 0 Å². The standard InChI is InChI=1S/C24H28N4O4.ClH/c1-25-13-12-16-6-8-17(9-7-16)14-26-20-5-3-4-18-19(20)15-28(32,24(18)31)21-10-11-22(29)27(2)23(21)30;/h3-9,21,25-26H,10-15H2,1-2H3;1H. The molecular formula is C24H29ClN4O4. The zero-order valence-electron chi connectivity index (χ0n) is 18.8. The average molecular weight is 473 g/mol. The van der Waals surface area contributed by atoms with E-state index in [2.05, 4.69) is 34.9 Å². The van der Waals surface area contributed by atoms with Crippen LogP contribution in [0.2, 0.25) is 0 Å². The van der Waals surface area contributed by atoms with Crippen LogP contribution in [0.5, 0.6) is 0 Å². The van der Waals surface area contributed by atoms with Gasteiger partial charge in [0.05, 0.1) is 5.56 Å². The molecule has 2 aliphatic heterocycles. The van der Waals surface area contributed by atoms with E-state index >= 15 is 0 Å². The van der Waals surface area contributed by atoms with Crippen molar-refractivity contribution in [3.05, 3.63) is 69.9 Å². The van der Waals surface area contributed by atoms with Crippen LogP contribution in [0.25, 0.3) is 0 Å². The molecule has 2 N–H and O–H groups in total. The minimum atomic E-state index is -1.26.